The van der Waals surface area contributed by atoms with Crippen molar-refractivity contribution in [3.8, 4) is 0 Å². The van der Waals surface area contributed by atoms with Gasteiger partial charge >= 0.3 is 5.69 Å². The molecule has 2 aromatic rings. The number of hydrogen-bond donors (Lipinski definition) is 2. The van der Waals surface area contributed by atoms with Crippen LogP contribution in [0.25, 0.3) is 0 Å². The number of furan rings is 1. The van der Waals surface area contributed by atoms with Gasteiger partial charge in [-0.15, -0.1) is 0 Å². The minimum Gasteiger partial charge on any atom is -0.467 e. The fourth-order valence-corrected chi connectivity index (χ4v) is 2.56. The summed E-state index contributed by atoms with van der Waals surface area (Å²) in [6.07, 6.45) is 4.23. The van der Waals surface area contributed by atoms with Crippen LogP contribution in [0.2, 0.25) is 0 Å². The smallest absolute Gasteiger partial charge is 0.351 e. The van der Waals surface area contributed by atoms with Gasteiger partial charge in [0.2, 0.25) is 0 Å². The maximum absolute atomic E-state index is 12.2. The van der Waals surface area contributed by atoms with Gasteiger partial charge in [0.05, 0.1) is 25.5 Å². The van der Waals surface area contributed by atoms with Gasteiger partial charge in [-0.3, -0.25) is 4.57 Å². The summed E-state index contributed by atoms with van der Waals surface area (Å²) in [5, 5.41) is 12.2. The average Bonchev–Trinajstić information content (AvgIpc) is 3.18. The number of aliphatic hydroxyl groups excluding tert-OH is 1. The normalized spacial score (nSPS) is 21.2. The van der Waals surface area contributed by atoms with Gasteiger partial charge in [0.25, 0.3) is 0 Å². The van der Waals surface area contributed by atoms with Crippen LogP contribution in [0.4, 0.5) is 5.82 Å². The zero-order valence-corrected chi connectivity index (χ0v) is 12.4. The lowest BCUT2D eigenvalue weighted by Gasteiger charge is -2.16. The fraction of sp³-hybridized carbons (Fsp3) is 0.467. The largest absolute Gasteiger partial charge is 0.467 e. The third-order valence-corrected chi connectivity index (χ3v) is 3.74. The molecule has 1 aliphatic rings. The molecule has 2 atom stereocenters. The summed E-state index contributed by atoms with van der Waals surface area (Å²) < 4.78 is 12.4. The van der Waals surface area contributed by atoms with E-state index in [1.807, 2.05) is 19.1 Å². The van der Waals surface area contributed by atoms with Crippen molar-refractivity contribution < 1.29 is 14.3 Å². The number of hydrogen-bond acceptors (Lipinski definition) is 6. The Morgan fingerprint density at radius 3 is 3.05 bits per heavy atom. The van der Waals surface area contributed by atoms with E-state index in [4.69, 9.17) is 14.3 Å². The monoisotopic (exact) mass is 305 g/mol. The van der Waals surface area contributed by atoms with E-state index in [2.05, 4.69) is 10.3 Å². The topological polar surface area (TPSA) is 89.5 Å². The summed E-state index contributed by atoms with van der Waals surface area (Å²) in [5.74, 6) is 1.31. The molecule has 7 heteroatoms. The van der Waals surface area contributed by atoms with Gasteiger partial charge in [-0.1, -0.05) is 0 Å². The van der Waals surface area contributed by atoms with E-state index in [0.29, 0.717) is 18.8 Å². The van der Waals surface area contributed by atoms with Crippen LogP contribution in [0.15, 0.2) is 33.8 Å². The highest BCUT2D eigenvalue weighted by Crippen LogP contribution is 2.27. The molecule has 0 unspecified atom stereocenters. The highest BCUT2D eigenvalue weighted by molar-refractivity contribution is 5.41. The van der Waals surface area contributed by atoms with E-state index in [-0.39, 0.29) is 24.6 Å². The average molecular weight is 305 g/mol. The summed E-state index contributed by atoms with van der Waals surface area (Å²) in [7, 11) is 0. The van der Waals surface area contributed by atoms with Gasteiger partial charge in [-0.05, 0) is 31.9 Å². The van der Waals surface area contributed by atoms with Crippen LogP contribution in [0, 0.1) is 6.92 Å². The van der Waals surface area contributed by atoms with Crippen LogP contribution < -0.4 is 11.0 Å². The molecular formula is C15H19N3O4. The van der Waals surface area contributed by atoms with Crippen LogP contribution >= 0.6 is 0 Å². The van der Waals surface area contributed by atoms with Crippen LogP contribution in [0.5, 0.6) is 0 Å². The zero-order valence-electron chi connectivity index (χ0n) is 12.4. The maximum Gasteiger partial charge on any atom is 0.351 e. The molecule has 2 aromatic heterocycles. The van der Waals surface area contributed by atoms with Crippen LogP contribution in [-0.2, 0) is 11.3 Å². The van der Waals surface area contributed by atoms with E-state index in [1.165, 1.54) is 4.57 Å². The molecule has 1 saturated heterocycles. The Labute approximate surface area is 127 Å². The lowest BCUT2D eigenvalue weighted by Crippen LogP contribution is -2.28. The molecule has 22 heavy (non-hydrogen) atoms. The van der Waals surface area contributed by atoms with Gasteiger partial charge in [0, 0.05) is 11.8 Å². The number of nitrogens with zero attached hydrogens (tertiary/aromatic N) is 2. The lowest BCUT2D eigenvalue weighted by atomic mass is 10.2. The molecule has 0 bridgehead atoms. The second kappa shape index (κ2) is 6.33. The summed E-state index contributed by atoms with van der Waals surface area (Å²) >= 11 is 0. The predicted octanol–water partition coefficient (Wildman–Crippen LogP) is 1.43. The Kier molecular flexibility index (Phi) is 4.26. The molecule has 2 N–H and O–H groups in total. The van der Waals surface area contributed by atoms with E-state index in [9.17, 15) is 4.79 Å². The highest BCUT2D eigenvalue weighted by atomic mass is 16.5. The van der Waals surface area contributed by atoms with Crippen molar-refractivity contribution in [2.24, 2.45) is 0 Å². The molecule has 1 fully saturated rings. The van der Waals surface area contributed by atoms with Crippen molar-refractivity contribution >= 4 is 5.82 Å². The van der Waals surface area contributed by atoms with Gasteiger partial charge in [0.1, 0.15) is 17.8 Å². The molecule has 0 saturated carbocycles. The standard InChI is InChI=1S/C15H19N3O4/c1-10-8-18(13-5-4-12(9-19)22-13)15(20)17-14(10)16-7-11-3-2-6-21-11/h2-3,6,8,12-13,19H,4-5,7,9H2,1H3,(H,16,17,20)/t12-,13+/m0/s1. The number of aromatic nitrogens is 2. The molecule has 3 heterocycles. The molecule has 0 aliphatic carbocycles. The summed E-state index contributed by atoms with van der Waals surface area (Å²) in [4.78, 5) is 16.3. The molecule has 7 nitrogen and oxygen atoms in total. The summed E-state index contributed by atoms with van der Waals surface area (Å²) in [6.45, 7) is 2.32. The number of anilines is 1. The van der Waals surface area contributed by atoms with E-state index in [1.54, 1.807) is 12.5 Å². The minimum absolute atomic E-state index is 0.0273. The number of aryl methyl sites for hydroxylation is 1. The minimum atomic E-state index is -0.365. The second-order valence-corrected chi connectivity index (χ2v) is 5.37. The summed E-state index contributed by atoms with van der Waals surface area (Å²) in [5.41, 5.74) is 0.485. The van der Waals surface area contributed by atoms with E-state index < -0.39 is 0 Å². The first-order valence-corrected chi connectivity index (χ1v) is 7.29. The third kappa shape index (κ3) is 3.05. The predicted molar refractivity (Wildman–Crippen MR) is 79.5 cm³/mol. The SMILES string of the molecule is Cc1cn([C@H]2CC[C@@H](CO)O2)c(=O)nc1NCc1ccco1. The Morgan fingerprint density at radius 2 is 2.36 bits per heavy atom. The highest BCUT2D eigenvalue weighted by Gasteiger charge is 2.27. The quantitative estimate of drug-likeness (QED) is 0.868. The molecule has 0 aromatic carbocycles. The van der Waals surface area contributed by atoms with E-state index >= 15 is 0 Å². The van der Waals surface area contributed by atoms with Crippen LogP contribution in [0.3, 0.4) is 0 Å². The number of ether oxygens (including phenoxy) is 1. The van der Waals surface area contributed by atoms with Crippen molar-refractivity contribution in [2.45, 2.75) is 38.6 Å². The number of rotatable bonds is 5. The van der Waals surface area contributed by atoms with Gasteiger partial charge in [-0.2, -0.15) is 4.98 Å². The van der Waals surface area contributed by atoms with Crippen molar-refractivity contribution in [3.63, 3.8) is 0 Å². The zero-order chi connectivity index (χ0) is 15.5. The first-order chi connectivity index (χ1) is 10.7. The molecular weight excluding hydrogens is 286 g/mol. The Morgan fingerprint density at radius 1 is 1.50 bits per heavy atom. The fourth-order valence-electron chi connectivity index (χ4n) is 2.56. The molecule has 0 amide bonds. The third-order valence-electron chi connectivity index (χ3n) is 3.74. The molecule has 1 aliphatic heterocycles. The maximum atomic E-state index is 12.2. The van der Waals surface area contributed by atoms with Crippen molar-refractivity contribution in [1.29, 1.82) is 0 Å². The number of aliphatic hydroxyl groups is 1. The number of nitrogens with one attached hydrogen (secondary N) is 1. The van der Waals surface area contributed by atoms with Crippen molar-refractivity contribution in [2.75, 3.05) is 11.9 Å². The first-order valence-electron chi connectivity index (χ1n) is 7.29. The van der Waals surface area contributed by atoms with Gasteiger partial charge in [0.15, 0.2) is 0 Å². The lowest BCUT2D eigenvalue weighted by molar-refractivity contribution is -0.0246. The summed E-state index contributed by atoms with van der Waals surface area (Å²) in [6, 6.07) is 3.66. The molecule has 118 valence electrons. The molecule has 0 spiro atoms. The van der Waals surface area contributed by atoms with Gasteiger partial charge < -0.3 is 19.6 Å². The van der Waals surface area contributed by atoms with Gasteiger partial charge in [-0.25, -0.2) is 4.79 Å². The molecule has 0 radical (unpaired) electrons. The van der Waals surface area contributed by atoms with E-state index in [0.717, 1.165) is 17.7 Å². The van der Waals surface area contributed by atoms with Crippen LogP contribution in [0.1, 0.15) is 30.4 Å². The second-order valence-electron chi connectivity index (χ2n) is 5.37. The van der Waals surface area contributed by atoms with Crippen molar-refractivity contribution in [1.82, 2.24) is 9.55 Å². The Bertz CT molecular complexity index is 681. The first kappa shape index (κ1) is 14.8. The van der Waals surface area contributed by atoms with Crippen molar-refractivity contribution in [3.05, 3.63) is 46.4 Å². The van der Waals surface area contributed by atoms with Crippen LogP contribution in [-0.4, -0.2) is 27.4 Å². The molecule has 3 rings (SSSR count). The Balaban J connectivity index is 1.75. The Hall–Kier alpha value is -2.12.